The van der Waals surface area contributed by atoms with Gasteiger partial charge in [0.2, 0.25) is 5.91 Å². The van der Waals surface area contributed by atoms with Crippen LogP contribution in [-0.2, 0) is 4.79 Å². The monoisotopic (exact) mass is 561 g/mol. The number of allylic oxidation sites excluding steroid dienone is 7. The Kier molecular flexibility index (Phi) is 29.0. The van der Waals surface area contributed by atoms with Gasteiger partial charge in [0.1, 0.15) is 6.10 Å². The second-order valence-electron chi connectivity index (χ2n) is 11.0. The zero-order valence-electron chi connectivity index (χ0n) is 25.9. The fourth-order valence-electron chi connectivity index (χ4n) is 4.44. The van der Waals surface area contributed by atoms with E-state index in [0.29, 0.717) is 6.42 Å². The Labute approximate surface area is 246 Å². The van der Waals surface area contributed by atoms with E-state index >= 15 is 0 Å². The zero-order valence-corrected chi connectivity index (χ0v) is 25.9. The van der Waals surface area contributed by atoms with Crippen molar-refractivity contribution in [3.8, 4) is 0 Å². The number of aliphatic hydroxyl groups excluding tert-OH is 3. The lowest BCUT2D eigenvalue weighted by Gasteiger charge is -2.21. The molecule has 0 aromatic carbocycles. The minimum atomic E-state index is -1.12. The van der Waals surface area contributed by atoms with Gasteiger partial charge in [0.25, 0.3) is 0 Å². The molecule has 0 heterocycles. The highest BCUT2D eigenvalue weighted by molar-refractivity contribution is 5.80. The van der Waals surface area contributed by atoms with Gasteiger partial charge < -0.3 is 20.6 Å². The van der Waals surface area contributed by atoms with Gasteiger partial charge in [-0.05, 0) is 70.6 Å². The van der Waals surface area contributed by atoms with Crippen molar-refractivity contribution in [2.24, 2.45) is 0 Å². The van der Waals surface area contributed by atoms with Crippen molar-refractivity contribution in [3.63, 3.8) is 0 Å². The number of rotatable bonds is 28. The van der Waals surface area contributed by atoms with E-state index in [1.54, 1.807) is 6.08 Å². The van der Waals surface area contributed by atoms with E-state index in [1.807, 2.05) is 6.08 Å². The van der Waals surface area contributed by atoms with E-state index < -0.39 is 24.2 Å². The molecule has 1 amide bonds. The Balaban J connectivity index is 3.93. The molecule has 232 valence electrons. The summed E-state index contributed by atoms with van der Waals surface area (Å²) in [5.41, 5.74) is 0. The number of aliphatic hydroxyl groups is 3. The smallest absolute Gasteiger partial charge is 0.249 e. The summed E-state index contributed by atoms with van der Waals surface area (Å²) in [6, 6.07) is -0.823. The minimum absolute atomic E-state index is 0.387. The summed E-state index contributed by atoms with van der Waals surface area (Å²) in [5.74, 6) is -0.532. The highest BCUT2D eigenvalue weighted by Gasteiger charge is 2.22. The van der Waals surface area contributed by atoms with Crippen LogP contribution in [0.15, 0.2) is 48.6 Å². The number of carbonyl (C=O) groups is 1. The fourth-order valence-corrected chi connectivity index (χ4v) is 4.44. The molecule has 0 aliphatic heterocycles. The maximum Gasteiger partial charge on any atom is 0.249 e. The second kappa shape index (κ2) is 30.3. The molecule has 0 fully saturated rings. The lowest BCUT2D eigenvalue weighted by molar-refractivity contribution is -0.131. The van der Waals surface area contributed by atoms with Gasteiger partial charge in [0.15, 0.2) is 0 Å². The summed E-state index contributed by atoms with van der Waals surface area (Å²) < 4.78 is 0. The predicted molar refractivity (Wildman–Crippen MR) is 171 cm³/mol. The highest BCUT2D eigenvalue weighted by Crippen LogP contribution is 2.10. The molecule has 0 aliphatic rings. The maximum atomic E-state index is 12.3. The summed E-state index contributed by atoms with van der Waals surface area (Å²) in [6.07, 6.45) is 36.9. The molecule has 5 nitrogen and oxygen atoms in total. The van der Waals surface area contributed by atoms with Crippen LogP contribution in [0.4, 0.5) is 0 Å². The summed E-state index contributed by atoms with van der Waals surface area (Å²) in [5, 5.41) is 32.7. The molecule has 0 spiro atoms. The van der Waals surface area contributed by atoms with E-state index in [0.717, 1.165) is 57.8 Å². The Morgan fingerprint density at radius 2 is 1.02 bits per heavy atom. The van der Waals surface area contributed by atoms with E-state index in [9.17, 15) is 20.1 Å². The molecule has 0 aromatic rings. The molecule has 5 heteroatoms. The van der Waals surface area contributed by atoms with E-state index in [4.69, 9.17) is 0 Å². The van der Waals surface area contributed by atoms with Crippen molar-refractivity contribution in [1.82, 2.24) is 5.32 Å². The van der Waals surface area contributed by atoms with Crippen LogP contribution >= 0.6 is 0 Å². The van der Waals surface area contributed by atoms with Crippen molar-refractivity contribution in [2.45, 2.75) is 161 Å². The molecule has 0 radical (unpaired) electrons. The Morgan fingerprint density at radius 1 is 0.600 bits per heavy atom. The predicted octanol–water partition coefficient (Wildman–Crippen LogP) is 8.25. The van der Waals surface area contributed by atoms with Crippen LogP contribution in [0.3, 0.4) is 0 Å². The topological polar surface area (TPSA) is 89.8 Å². The zero-order chi connectivity index (χ0) is 29.5. The molecule has 0 rings (SSSR count). The largest absolute Gasteiger partial charge is 0.394 e. The number of carbonyl (C=O) groups excluding carboxylic acids is 1. The number of amides is 1. The molecule has 0 saturated carbocycles. The molecule has 3 atom stereocenters. The van der Waals surface area contributed by atoms with Crippen LogP contribution in [0.1, 0.15) is 142 Å². The number of unbranched alkanes of at least 4 members (excludes halogenated alkanes) is 14. The van der Waals surface area contributed by atoms with Crippen molar-refractivity contribution in [2.75, 3.05) is 6.61 Å². The summed E-state index contributed by atoms with van der Waals surface area (Å²) in [6.45, 7) is 4.08. The first kappa shape index (κ1) is 38.3. The molecule has 4 N–H and O–H groups in total. The maximum absolute atomic E-state index is 12.3. The number of hydrogen-bond acceptors (Lipinski definition) is 4. The van der Waals surface area contributed by atoms with Gasteiger partial charge in [0.05, 0.1) is 18.8 Å². The highest BCUT2D eigenvalue weighted by atomic mass is 16.3. The van der Waals surface area contributed by atoms with Crippen molar-refractivity contribution in [1.29, 1.82) is 0 Å². The van der Waals surface area contributed by atoms with Crippen molar-refractivity contribution in [3.05, 3.63) is 48.6 Å². The van der Waals surface area contributed by atoms with Gasteiger partial charge >= 0.3 is 0 Å². The van der Waals surface area contributed by atoms with Gasteiger partial charge in [-0.3, -0.25) is 4.79 Å². The standard InChI is InChI=1S/C35H63NO4/c1-3-5-7-9-11-13-15-16-17-18-20-21-23-25-27-29-33(38)32(31-37)36-35(40)34(39)30-28-26-24-22-19-14-12-10-8-6-4-2/h12,14-16,20-21,27,29,32-34,37-39H,3-11,13,17-19,22-26,28,30-31H2,1-2H3,(H,36,40)/b14-12-,16-15+,21-20+,29-27+. The van der Waals surface area contributed by atoms with Gasteiger partial charge in [0, 0.05) is 0 Å². The summed E-state index contributed by atoms with van der Waals surface area (Å²) in [4.78, 5) is 12.3. The van der Waals surface area contributed by atoms with Gasteiger partial charge in [-0.1, -0.05) is 120 Å². The average Bonchev–Trinajstić information content (AvgIpc) is 2.96. The molecule has 0 saturated heterocycles. The first-order valence-corrected chi connectivity index (χ1v) is 16.5. The van der Waals surface area contributed by atoms with Crippen LogP contribution in [-0.4, -0.2) is 46.1 Å². The molecule has 0 aromatic heterocycles. The SMILES string of the molecule is CCCCC/C=C\CCCCCCC(O)C(=O)NC(CO)C(O)/C=C/CC/C=C/CC/C=C/CCCCCCC. The van der Waals surface area contributed by atoms with E-state index in [-0.39, 0.29) is 6.61 Å². The quantitative estimate of drug-likeness (QED) is 0.0572. The van der Waals surface area contributed by atoms with Crippen LogP contribution in [0.2, 0.25) is 0 Å². The normalized spacial score (nSPS) is 14.6. The number of hydrogen-bond donors (Lipinski definition) is 4. The van der Waals surface area contributed by atoms with Crippen LogP contribution < -0.4 is 5.32 Å². The molecule has 3 unspecified atom stereocenters. The lowest BCUT2D eigenvalue weighted by atomic mass is 10.1. The first-order chi connectivity index (χ1) is 19.6. The first-order valence-electron chi connectivity index (χ1n) is 16.5. The second-order valence-corrected chi connectivity index (χ2v) is 11.0. The molecular formula is C35H63NO4. The Hall–Kier alpha value is -1.69. The van der Waals surface area contributed by atoms with Gasteiger partial charge in [-0.2, -0.15) is 0 Å². The van der Waals surface area contributed by atoms with Crippen LogP contribution in [0, 0.1) is 0 Å². The third kappa shape index (κ3) is 25.3. The third-order valence-corrected chi connectivity index (χ3v) is 7.12. The van der Waals surface area contributed by atoms with Crippen molar-refractivity contribution < 1.29 is 20.1 Å². The minimum Gasteiger partial charge on any atom is -0.394 e. The third-order valence-electron chi connectivity index (χ3n) is 7.12. The summed E-state index contributed by atoms with van der Waals surface area (Å²) >= 11 is 0. The van der Waals surface area contributed by atoms with E-state index in [1.165, 1.54) is 64.2 Å². The summed E-state index contributed by atoms with van der Waals surface area (Å²) in [7, 11) is 0. The molecule has 0 aliphatic carbocycles. The average molecular weight is 562 g/mol. The Bertz CT molecular complexity index is 670. The van der Waals surface area contributed by atoms with Gasteiger partial charge in [-0.25, -0.2) is 0 Å². The Morgan fingerprint density at radius 3 is 1.55 bits per heavy atom. The van der Waals surface area contributed by atoms with E-state index in [2.05, 4.69) is 55.6 Å². The van der Waals surface area contributed by atoms with Gasteiger partial charge in [-0.15, -0.1) is 0 Å². The molecular weight excluding hydrogens is 498 g/mol. The number of nitrogens with one attached hydrogen (secondary N) is 1. The molecule has 40 heavy (non-hydrogen) atoms. The van der Waals surface area contributed by atoms with Crippen LogP contribution in [0.5, 0.6) is 0 Å². The lowest BCUT2D eigenvalue weighted by Crippen LogP contribution is -2.48. The molecule has 0 bridgehead atoms. The van der Waals surface area contributed by atoms with Crippen LogP contribution in [0.25, 0.3) is 0 Å². The van der Waals surface area contributed by atoms with Crippen molar-refractivity contribution >= 4 is 5.91 Å². The fraction of sp³-hybridized carbons (Fsp3) is 0.743.